The zero-order valence-electron chi connectivity index (χ0n) is 41.6. The van der Waals surface area contributed by atoms with Gasteiger partial charge in [-0.3, -0.25) is 14.5 Å². The Balaban J connectivity index is 1.10. The van der Waals surface area contributed by atoms with Crippen molar-refractivity contribution in [3.63, 3.8) is 0 Å². The first-order valence-electron chi connectivity index (χ1n) is 25.9. The number of aliphatic hydroxyl groups excluding tert-OH is 5. The van der Waals surface area contributed by atoms with Gasteiger partial charge in [0.05, 0.1) is 24.9 Å². The number of hydrogen-bond acceptors (Lipinski definition) is 18. The number of amides is 2. The number of rotatable bonds is 20. The van der Waals surface area contributed by atoms with Crippen LogP contribution in [0.2, 0.25) is 0 Å². The molecule has 15 atom stereocenters. The van der Waals surface area contributed by atoms with Crippen LogP contribution in [0.4, 0.5) is 0 Å². The van der Waals surface area contributed by atoms with Crippen molar-refractivity contribution in [2.75, 3.05) is 72.1 Å². The Labute approximate surface area is 426 Å². The Morgan fingerprint density at radius 3 is 2.28 bits per heavy atom. The van der Waals surface area contributed by atoms with Gasteiger partial charge in [-0.15, -0.1) is 0 Å². The lowest BCUT2D eigenvalue weighted by Gasteiger charge is -2.49. The minimum absolute atomic E-state index is 0.0524. The Morgan fingerprint density at radius 2 is 1.61 bits per heavy atom. The molecule has 12 N–H and O–H groups in total. The number of ether oxygens (including phenoxy) is 5. The number of carbonyl (C=O) groups is 3. The molecule has 1 aromatic rings. The van der Waals surface area contributed by atoms with Crippen molar-refractivity contribution in [2.45, 2.75) is 165 Å². The Morgan fingerprint density at radius 1 is 0.873 bits per heavy atom. The van der Waals surface area contributed by atoms with Gasteiger partial charge < -0.3 is 86.2 Å². The predicted octanol–water partition coefficient (Wildman–Crippen LogP) is -0.725. The molecule has 3 saturated heterocycles. The second-order valence-corrected chi connectivity index (χ2v) is 20.8. The third kappa shape index (κ3) is 17.3. The minimum atomic E-state index is -1.64. The number of nitrogens with one attached hydrogen (secondary N) is 6. The third-order valence-corrected chi connectivity index (χ3v) is 15.1. The lowest BCUT2D eigenvalue weighted by molar-refractivity contribution is -0.338. The molecule has 2 saturated carbocycles. The number of halogens is 1. The molecule has 0 spiro atoms. The highest BCUT2D eigenvalue weighted by atomic mass is 79.9. The van der Waals surface area contributed by atoms with Crippen molar-refractivity contribution < 1.29 is 68.7 Å². The molecule has 22 heteroatoms. The van der Waals surface area contributed by atoms with Crippen LogP contribution in [-0.4, -0.2) is 205 Å². The topological polar surface area (TPSA) is 294 Å². The van der Waals surface area contributed by atoms with Crippen molar-refractivity contribution in [2.24, 2.45) is 17.8 Å². The molecule has 5 fully saturated rings. The maximum Gasteiger partial charge on any atom is 0.332 e. The number of carboxylic acid groups (broad SMARTS) is 1. The molecule has 21 nitrogen and oxygen atoms in total. The zero-order valence-corrected chi connectivity index (χ0v) is 43.2. The monoisotopic (exact) mass is 1070 g/mol. The van der Waals surface area contributed by atoms with Crippen LogP contribution >= 0.6 is 15.9 Å². The van der Waals surface area contributed by atoms with Crippen molar-refractivity contribution in [1.82, 2.24) is 36.8 Å². The number of benzene rings is 1. The fourth-order valence-corrected chi connectivity index (χ4v) is 10.6. The molecule has 3 heterocycles. The first-order valence-corrected chi connectivity index (χ1v) is 26.7. The van der Waals surface area contributed by atoms with E-state index in [1.165, 1.54) is 19.4 Å². The lowest BCUT2D eigenvalue weighted by Crippen LogP contribution is -2.67. The third-order valence-electron chi connectivity index (χ3n) is 14.4. The Kier molecular flexibility index (Phi) is 23.6. The molecule has 0 bridgehead atoms. The second-order valence-electron chi connectivity index (χ2n) is 20.0. The quantitative estimate of drug-likeness (QED) is 0.0718. The van der Waals surface area contributed by atoms with Gasteiger partial charge in [-0.25, -0.2) is 4.79 Å². The van der Waals surface area contributed by atoms with Crippen LogP contribution in [0.1, 0.15) is 83.3 Å². The highest BCUT2D eigenvalue weighted by molar-refractivity contribution is 9.10. The maximum absolute atomic E-state index is 14.1. The van der Waals surface area contributed by atoms with E-state index in [4.69, 9.17) is 23.7 Å². The number of aliphatic carboxylic acids is 1. The normalized spacial score (nSPS) is 34.4. The molecular weight excluding hydrogens is 990 g/mol. The molecular formula is C49H82BrN7O14. The molecule has 14 unspecified atom stereocenters. The standard InChI is InChI=1S/C49H82BrN7O14/c1-4-32-23-34(46(64)55-17-16-54-25-31-9-10-33(35(50)21-31)26-57-19-6-13-52-15-14-51-11-5-12-53-18-20-57)24-36(44(32)71-49-43(63)42(62)40(60)28(2)67-49)69-48-39(56-29(3)59)45(41(61)38(27-58)70-48)68-37(47(65)66)22-30-7-8-30/h9-10,21,28,30,32,34,36-45,48-49,51-54,58,60-63H,4-8,11-20,22-27H2,1-3H3,(H,55,64)(H,56,59)(H,65,66)/t28?,32?,34?,36?,37-,38?,39?,40?,41?,42?,43?,44?,45?,48?,49?/m0/s1. The van der Waals surface area contributed by atoms with Gasteiger partial charge in [-0.05, 0) is 94.2 Å². The molecule has 1 aromatic carbocycles. The van der Waals surface area contributed by atoms with Gasteiger partial charge in [0.2, 0.25) is 11.8 Å². The molecule has 71 heavy (non-hydrogen) atoms. The summed E-state index contributed by atoms with van der Waals surface area (Å²) >= 11 is 3.82. The van der Waals surface area contributed by atoms with Crippen LogP contribution < -0.4 is 31.9 Å². The average molecular weight is 1070 g/mol. The largest absolute Gasteiger partial charge is 0.479 e. The zero-order chi connectivity index (χ0) is 51.0. The van der Waals surface area contributed by atoms with Crippen LogP contribution in [0.15, 0.2) is 22.7 Å². The fraction of sp³-hybridized carbons (Fsp3) is 0.816. The lowest BCUT2D eigenvalue weighted by atomic mass is 9.75. The van der Waals surface area contributed by atoms with Crippen LogP contribution in [-0.2, 0) is 51.2 Å². The van der Waals surface area contributed by atoms with Crippen LogP contribution in [0.3, 0.4) is 0 Å². The molecule has 0 aromatic heterocycles. The summed E-state index contributed by atoms with van der Waals surface area (Å²) in [5.41, 5.74) is 2.31. The highest BCUT2D eigenvalue weighted by Crippen LogP contribution is 2.40. The van der Waals surface area contributed by atoms with Crippen LogP contribution in [0.5, 0.6) is 0 Å². The van der Waals surface area contributed by atoms with E-state index in [1.54, 1.807) is 0 Å². The molecule has 404 valence electrons. The minimum Gasteiger partial charge on any atom is -0.479 e. The molecule has 0 radical (unpaired) electrons. The first kappa shape index (κ1) is 57.8. The van der Waals surface area contributed by atoms with Gasteiger partial charge in [-0.2, -0.15) is 0 Å². The summed E-state index contributed by atoms with van der Waals surface area (Å²) in [5, 5.41) is 83.8. The van der Waals surface area contributed by atoms with Gasteiger partial charge in [0.1, 0.15) is 42.7 Å². The maximum atomic E-state index is 14.1. The summed E-state index contributed by atoms with van der Waals surface area (Å²) in [6.07, 6.45) is -11.0. The van der Waals surface area contributed by atoms with E-state index in [2.05, 4.69) is 70.9 Å². The number of carbonyl (C=O) groups excluding carboxylic acids is 2. The average Bonchev–Trinajstić information content (AvgIpc) is 4.17. The van der Waals surface area contributed by atoms with Crippen molar-refractivity contribution >= 4 is 33.7 Å². The van der Waals surface area contributed by atoms with Crippen molar-refractivity contribution in [3.8, 4) is 0 Å². The summed E-state index contributed by atoms with van der Waals surface area (Å²) < 4.78 is 32.2. The number of hydrogen-bond donors (Lipinski definition) is 12. The number of carboxylic acids is 1. The fourth-order valence-electron chi connectivity index (χ4n) is 10.1. The van der Waals surface area contributed by atoms with E-state index in [9.17, 15) is 45.0 Å². The predicted molar refractivity (Wildman–Crippen MR) is 264 cm³/mol. The van der Waals surface area contributed by atoms with Gasteiger partial charge >= 0.3 is 5.97 Å². The van der Waals surface area contributed by atoms with Crippen LogP contribution in [0, 0.1) is 17.8 Å². The molecule has 6 rings (SSSR count). The van der Waals surface area contributed by atoms with E-state index in [-0.39, 0.29) is 24.7 Å². The molecule has 2 amide bonds. The Hall–Kier alpha value is -2.49. The first-order chi connectivity index (χ1) is 34.2. The summed E-state index contributed by atoms with van der Waals surface area (Å²) in [6, 6.07) is 5.14. The van der Waals surface area contributed by atoms with Gasteiger partial charge in [-0.1, -0.05) is 54.2 Å². The van der Waals surface area contributed by atoms with Gasteiger partial charge in [0.15, 0.2) is 18.7 Å². The summed E-state index contributed by atoms with van der Waals surface area (Å²) in [6.45, 7) is 14.0. The van der Waals surface area contributed by atoms with E-state index >= 15 is 0 Å². The SMILES string of the molecule is CCC1CC(C(=O)NCCNCc2ccc(CN3CCCNCCNCCCNCC3)c(Br)c2)CC(OC2OC(CO)C(O)C(O[C@@H](CC3CC3)C(=O)O)C2NC(C)=O)C1OC1OC(C)C(O)C(O)C1O. The smallest absolute Gasteiger partial charge is 0.332 e. The van der Waals surface area contributed by atoms with E-state index in [0.717, 1.165) is 94.6 Å². The second kappa shape index (κ2) is 29.0. The summed E-state index contributed by atoms with van der Waals surface area (Å²) in [4.78, 5) is 41.7. The Bertz CT molecular complexity index is 1790. The molecule has 3 aliphatic heterocycles. The van der Waals surface area contributed by atoms with Crippen molar-refractivity contribution in [1.29, 1.82) is 0 Å². The van der Waals surface area contributed by atoms with Crippen LogP contribution in [0.25, 0.3) is 0 Å². The van der Waals surface area contributed by atoms with Gasteiger partial charge in [0.25, 0.3) is 0 Å². The van der Waals surface area contributed by atoms with Gasteiger partial charge in [0, 0.05) is 69.7 Å². The summed E-state index contributed by atoms with van der Waals surface area (Å²) in [7, 11) is 0. The molecule has 2 aliphatic carbocycles. The van der Waals surface area contributed by atoms with E-state index in [0.29, 0.717) is 32.5 Å². The van der Waals surface area contributed by atoms with Crippen molar-refractivity contribution in [3.05, 3.63) is 33.8 Å². The highest BCUT2D eigenvalue weighted by Gasteiger charge is 2.53. The van der Waals surface area contributed by atoms with E-state index < -0.39 is 110 Å². The molecule has 5 aliphatic rings. The summed E-state index contributed by atoms with van der Waals surface area (Å²) in [5.74, 6) is -2.91. The number of aliphatic hydroxyl groups is 5. The van der Waals surface area contributed by atoms with E-state index in [1.807, 2.05) is 6.92 Å². The number of nitrogens with zero attached hydrogens (tertiary/aromatic N) is 1.